The van der Waals surface area contributed by atoms with Crippen molar-refractivity contribution in [3.8, 4) is 0 Å². The van der Waals surface area contributed by atoms with Gasteiger partial charge in [-0.05, 0) is 6.92 Å². The second-order valence-electron chi connectivity index (χ2n) is 5.44. The first-order chi connectivity index (χ1) is 10.8. The summed E-state index contributed by atoms with van der Waals surface area (Å²) in [4.78, 5) is 40.7. The standard InChI is InChI=1S/C13H19N3O7/c1-7(10(20)14-6-18)4-15(2)11-8-9(19)13(5-17,22-11)12(21)16(3)23-8/h4,6,8-9,11,17,19H,5H2,1-3H3,(H,14,18,20)/b7-4-/t8?,9?,11-,13-/m1/s1. The fourth-order valence-electron chi connectivity index (χ4n) is 2.68. The van der Waals surface area contributed by atoms with Crippen LogP contribution >= 0.6 is 0 Å². The van der Waals surface area contributed by atoms with Crippen LogP contribution in [0.1, 0.15) is 6.92 Å². The van der Waals surface area contributed by atoms with E-state index >= 15 is 0 Å². The van der Waals surface area contributed by atoms with Crippen molar-refractivity contribution >= 4 is 18.2 Å². The highest BCUT2D eigenvalue weighted by Crippen LogP contribution is 2.39. The SMILES string of the molecule is C/C(=C/N(C)[C@@H]1O[C@@]2(CO)C(=O)N(C)OC1C2O)C(=O)NC=O. The Balaban J connectivity index is 2.25. The summed E-state index contributed by atoms with van der Waals surface area (Å²) in [6.07, 6.45) is -1.56. The van der Waals surface area contributed by atoms with Crippen LogP contribution in [0.3, 0.4) is 0 Å². The van der Waals surface area contributed by atoms with Crippen molar-refractivity contribution in [1.29, 1.82) is 0 Å². The van der Waals surface area contributed by atoms with E-state index < -0.39 is 42.5 Å². The van der Waals surface area contributed by atoms with Gasteiger partial charge in [-0.2, -0.15) is 0 Å². The van der Waals surface area contributed by atoms with E-state index in [1.54, 1.807) is 7.05 Å². The van der Waals surface area contributed by atoms with Crippen LogP contribution in [0.4, 0.5) is 0 Å². The highest BCUT2D eigenvalue weighted by atomic mass is 16.7. The van der Waals surface area contributed by atoms with Crippen molar-refractivity contribution in [3.05, 3.63) is 11.8 Å². The third-order valence-corrected chi connectivity index (χ3v) is 3.91. The lowest BCUT2D eigenvalue weighted by Gasteiger charge is -2.37. The molecule has 0 aromatic rings. The van der Waals surface area contributed by atoms with Gasteiger partial charge in [0, 0.05) is 25.9 Å². The number of hydrogen-bond donors (Lipinski definition) is 3. The maximum absolute atomic E-state index is 12.1. The number of aliphatic hydroxyl groups is 2. The van der Waals surface area contributed by atoms with E-state index in [2.05, 4.69) is 0 Å². The van der Waals surface area contributed by atoms with E-state index in [1.807, 2.05) is 5.32 Å². The summed E-state index contributed by atoms with van der Waals surface area (Å²) >= 11 is 0. The minimum atomic E-state index is -1.80. The molecule has 2 aliphatic rings. The topological polar surface area (TPSA) is 129 Å². The van der Waals surface area contributed by atoms with Gasteiger partial charge in [0.2, 0.25) is 12.0 Å². The second-order valence-corrected chi connectivity index (χ2v) is 5.44. The number of nitrogens with one attached hydrogen (secondary N) is 1. The van der Waals surface area contributed by atoms with Crippen LogP contribution in [-0.4, -0.2) is 83.1 Å². The maximum Gasteiger partial charge on any atom is 0.283 e. The number of fused-ring (bicyclic) bond motifs is 2. The van der Waals surface area contributed by atoms with Crippen molar-refractivity contribution in [2.45, 2.75) is 31.0 Å². The number of rotatable bonds is 5. The second kappa shape index (κ2) is 6.24. The van der Waals surface area contributed by atoms with Gasteiger partial charge in [-0.3, -0.25) is 24.5 Å². The number of ether oxygens (including phenoxy) is 1. The van der Waals surface area contributed by atoms with Crippen LogP contribution in [0.2, 0.25) is 0 Å². The molecule has 2 bridgehead atoms. The van der Waals surface area contributed by atoms with Crippen LogP contribution in [0.15, 0.2) is 11.8 Å². The summed E-state index contributed by atoms with van der Waals surface area (Å²) in [5.41, 5.74) is -1.60. The Bertz CT molecular complexity index is 552. The minimum Gasteiger partial charge on any atom is -0.393 e. The largest absolute Gasteiger partial charge is 0.393 e. The lowest BCUT2D eigenvalue weighted by molar-refractivity contribution is -0.245. The summed E-state index contributed by atoms with van der Waals surface area (Å²) in [6, 6.07) is 0. The Morgan fingerprint density at radius 2 is 2.22 bits per heavy atom. The Kier molecular flexibility index (Phi) is 4.71. The normalized spacial score (nSPS) is 33.6. The average Bonchev–Trinajstić information content (AvgIpc) is 2.73. The molecule has 0 aromatic heterocycles. The molecule has 2 fully saturated rings. The maximum atomic E-state index is 12.1. The van der Waals surface area contributed by atoms with Gasteiger partial charge in [0.25, 0.3) is 11.8 Å². The number of hydroxylamine groups is 2. The zero-order chi connectivity index (χ0) is 17.4. The molecule has 0 aliphatic carbocycles. The molecular weight excluding hydrogens is 310 g/mol. The molecule has 0 saturated carbocycles. The molecule has 0 aromatic carbocycles. The molecule has 3 amide bonds. The summed E-state index contributed by atoms with van der Waals surface area (Å²) in [7, 11) is 2.91. The minimum absolute atomic E-state index is 0.205. The van der Waals surface area contributed by atoms with Crippen LogP contribution in [-0.2, 0) is 24.0 Å². The monoisotopic (exact) mass is 329 g/mol. The molecule has 2 unspecified atom stereocenters. The first kappa shape index (κ1) is 17.3. The number of aliphatic hydroxyl groups excluding tert-OH is 2. The van der Waals surface area contributed by atoms with Gasteiger partial charge in [0.15, 0.2) is 12.3 Å². The molecule has 0 spiro atoms. The fraction of sp³-hybridized carbons (Fsp3) is 0.615. The summed E-state index contributed by atoms with van der Waals surface area (Å²) in [5.74, 6) is -1.29. The number of likely N-dealkylation sites (N-methyl/N-ethyl adjacent to an activating group) is 2. The number of amides is 3. The van der Waals surface area contributed by atoms with Crippen LogP contribution in [0, 0.1) is 0 Å². The van der Waals surface area contributed by atoms with Crippen LogP contribution in [0.25, 0.3) is 0 Å². The number of carbonyl (C=O) groups excluding carboxylic acids is 3. The fourth-order valence-corrected chi connectivity index (χ4v) is 2.68. The molecule has 0 radical (unpaired) electrons. The Morgan fingerprint density at radius 1 is 1.57 bits per heavy atom. The Morgan fingerprint density at radius 3 is 2.78 bits per heavy atom. The zero-order valence-corrected chi connectivity index (χ0v) is 12.9. The number of hydrogen-bond acceptors (Lipinski definition) is 8. The van der Waals surface area contributed by atoms with Crippen molar-refractivity contribution in [1.82, 2.24) is 15.3 Å². The summed E-state index contributed by atoms with van der Waals surface area (Å²) in [5, 5.41) is 22.7. The zero-order valence-electron chi connectivity index (χ0n) is 12.9. The van der Waals surface area contributed by atoms with Crippen molar-refractivity contribution < 1.29 is 34.2 Å². The molecule has 4 atom stereocenters. The van der Waals surface area contributed by atoms with Gasteiger partial charge in [-0.15, -0.1) is 0 Å². The third-order valence-electron chi connectivity index (χ3n) is 3.91. The molecule has 2 heterocycles. The predicted octanol–water partition coefficient (Wildman–Crippen LogP) is -2.68. The van der Waals surface area contributed by atoms with E-state index in [-0.39, 0.29) is 12.0 Å². The molecule has 2 aliphatic heterocycles. The van der Waals surface area contributed by atoms with Gasteiger partial charge in [-0.1, -0.05) is 0 Å². The molecular formula is C13H19N3O7. The Hall–Kier alpha value is -2.01. The highest BCUT2D eigenvalue weighted by molar-refractivity contribution is 5.98. The van der Waals surface area contributed by atoms with Gasteiger partial charge in [0.1, 0.15) is 6.10 Å². The van der Waals surface area contributed by atoms with E-state index in [9.17, 15) is 24.6 Å². The van der Waals surface area contributed by atoms with Crippen molar-refractivity contribution in [2.75, 3.05) is 20.7 Å². The number of imide groups is 1. The number of carbonyl (C=O) groups is 3. The van der Waals surface area contributed by atoms with E-state index in [0.717, 1.165) is 5.06 Å². The van der Waals surface area contributed by atoms with Crippen LogP contribution in [0.5, 0.6) is 0 Å². The van der Waals surface area contributed by atoms with E-state index in [1.165, 1.54) is 25.1 Å². The quantitative estimate of drug-likeness (QED) is 0.367. The number of nitrogens with zero attached hydrogens (tertiary/aromatic N) is 2. The lowest BCUT2D eigenvalue weighted by Crippen LogP contribution is -2.62. The molecule has 3 N–H and O–H groups in total. The van der Waals surface area contributed by atoms with Gasteiger partial charge >= 0.3 is 0 Å². The molecule has 128 valence electrons. The van der Waals surface area contributed by atoms with Gasteiger partial charge in [0.05, 0.1) is 6.61 Å². The summed E-state index contributed by atoms with van der Waals surface area (Å²) in [6.45, 7) is 0.767. The first-order valence-electron chi connectivity index (χ1n) is 6.85. The summed E-state index contributed by atoms with van der Waals surface area (Å²) < 4.78 is 5.58. The first-order valence-corrected chi connectivity index (χ1v) is 6.85. The third kappa shape index (κ3) is 2.70. The molecule has 2 saturated heterocycles. The van der Waals surface area contributed by atoms with Crippen LogP contribution < -0.4 is 5.32 Å². The average molecular weight is 329 g/mol. The Labute approximate surface area is 132 Å². The van der Waals surface area contributed by atoms with Crippen molar-refractivity contribution in [3.63, 3.8) is 0 Å². The van der Waals surface area contributed by atoms with Crippen molar-refractivity contribution in [2.24, 2.45) is 0 Å². The molecule has 10 heteroatoms. The smallest absolute Gasteiger partial charge is 0.283 e. The molecule has 2 rings (SSSR count). The predicted molar refractivity (Wildman–Crippen MR) is 74.1 cm³/mol. The lowest BCUT2D eigenvalue weighted by atomic mass is 9.93. The van der Waals surface area contributed by atoms with E-state index in [4.69, 9.17) is 9.57 Å². The molecule has 10 nitrogen and oxygen atoms in total. The molecule has 23 heavy (non-hydrogen) atoms. The van der Waals surface area contributed by atoms with E-state index in [0.29, 0.717) is 0 Å². The highest BCUT2D eigenvalue weighted by Gasteiger charge is 2.65. The van der Waals surface area contributed by atoms with Gasteiger partial charge in [-0.25, -0.2) is 5.06 Å². The van der Waals surface area contributed by atoms with Gasteiger partial charge < -0.3 is 19.8 Å².